The van der Waals surface area contributed by atoms with Crippen LogP contribution in [0.2, 0.25) is 0 Å². The lowest BCUT2D eigenvalue weighted by Crippen LogP contribution is -2.54. The number of nitrogens with one attached hydrogen (secondary N) is 4. The second-order valence-electron chi connectivity index (χ2n) is 12.3. The number of nitrogens with two attached hydrogens (primary N) is 1. The quantitative estimate of drug-likeness (QED) is 0.0372. The summed E-state index contributed by atoms with van der Waals surface area (Å²) in [5, 5.41) is 8.43. The van der Waals surface area contributed by atoms with E-state index in [1.54, 1.807) is 29.2 Å². The molecule has 3 rings (SSSR count). The number of alkyl halides is 1. The molecule has 1 aromatic carbocycles. The number of hydrazine groups is 1. The number of carbonyl (C=O) groups excluding carboxylic acids is 6. The summed E-state index contributed by atoms with van der Waals surface area (Å²) in [6, 6.07) is 5.19. The van der Waals surface area contributed by atoms with Crippen molar-refractivity contribution in [1.29, 1.82) is 0 Å². The number of nitrogens with zero attached hydrogens (tertiary/aromatic N) is 2. The number of anilines is 1. The standard InChI is InChI=1S/C33H48IN7O7/c1-22(2)30(39-27(42)8-4-3-5-18-41-28(43)13-14-29(41)44)32(46)38-26(7-6-17-36-35)31(45)37-25-11-9-23(10-12-25)21-48-33(47)40-19-15-24(34)16-20-40/h9-14,22,24,26,30,36H,3-8,15-21,35H2,1-2H3,(H,37,45)(H,38,46)(H,39,42)/t26-,30-/m0/s1. The Morgan fingerprint density at radius 1 is 0.938 bits per heavy atom. The van der Waals surface area contributed by atoms with Gasteiger partial charge in [0.1, 0.15) is 18.7 Å². The van der Waals surface area contributed by atoms with Gasteiger partial charge in [0.25, 0.3) is 11.8 Å². The van der Waals surface area contributed by atoms with E-state index < -0.39 is 23.9 Å². The summed E-state index contributed by atoms with van der Waals surface area (Å²) < 4.78 is 6.05. The molecule has 2 atom stereocenters. The Labute approximate surface area is 295 Å². The lowest BCUT2D eigenvalue weighted by molar-refractivity contribution is -0.137. The van der Waals surface area contributed by atoms with E-state index in [2.05, 4.69) is 44.0 Å². The molecule has 15 heteroatoms. The summed E-state index contributed by atoms with van der Waals surface area (Å²) in [6.45, 7) is 5.84. The van der Waals surface area contributed by atoms with Crippen LogP contribution in [0, 0.1) is 5.92 Å². The number of carbonyl (C=O) groups is 6. The number of unbranched alkanes of at least 4 members (excludes halogenated alkanes) is 2. The average Bonchev–Trinajstić information content (AvgIpc) is 3.38. The SMILES string of the molecule is CC(C)[C@H](NC(=O)CCCCCN1C(=O)C=CC1=O)C(=O)N[C@@H](CCCNN)C(=O)Nc1ccc(COC(=O)N2CCC(I)CC2)cc1. The summed E-state index contributed by atoms with van der Waals surface area (Å²) in [4.78, 5) is 78.0. The van der Waals surface area contributed by atoms with E-state index in [1.807, 2.05) is 13.8 Å². The topological polar surface area (TPSA) is 192 Å². The van der Waals surface area contributed by atoms with E-state index in [9.17, 15) is 28.8 Å². The van der Waals surface area contributed by atoms with Gasteiger partial charge >= 0.3 is 6.09 Å². The van der Waals surface area contributed by atoms with Gasteiger partial charge < -0.3 is 25.6 Å². The molecule has 1 aromatic rings. The number of hydrogen-bond donors (Lipinski definition) is 5. The van der Waals surface area contributed by atoms with Crippen LogP contribution in [0.5, 0.6) is 0 Å². The first-order chi connectivity index (χ1) is 23.0. The van der Waals surface area contributed by atoms with Gasteiger partial charge in [-0.1, -0.05) is 55.0 Å². The Bertz CT molecular complexity index is 1280. The van der Waals surface area contributed by atoms with Crippen LogP contribution in [-0.2, 0) is 35.3 Å². The fraction of sp³-hybridized carbons (Fsp3) is 0.576. The van der Waals surface area contributed by atoms with E-state index >= 15 is 0 Å². The van der Waals surface area contributed by atoms with Crippen molar-refractivity contribution in [1.82, 2.24) is 25.9 Å². The Kier molecular flexibility index (Phi) is 16.2. The van der Waals surface area contributed by atoms with Gasteiger partial charge in [-0.15, -0.1) is 0 Å². The van der Waals surface area contributed by atoms with Crippen LogP contribution in [-0.4, -0.2) is 87.6 Å². The zero-order chi connectivity index (χ0) is 35.1. The van der Waals surface area contributed by atoms with Gasteiger partial charge in [0.2, 0.25) is 17.7 Å². The van der Waals surface area contributed by atoms with Crippen molar-refractivity contribution in [2.75, 3.05) is 31.5 Å². The number of amides is 6. The zero-order valence-corrected chi connectivity index (χ0v) is 29.8. The normalized spacial score (nSPS) is 16.2. The maximum absolute atomic E-state index is 13.3. The van der Waals surface area contributed by atoms with Crippen LogP contribution in [0.15, 0.2) is 36.4 Å². The molecule has 48 heavy (non-hydrogen) atoms. The third-order valence-corrected chi connectivity index (χ3v) is 9.41. The van der Waals surface area contributed by atoms with E-state index in [4.69, 9.17) is 10.6 Å². The second kappa shape index (κ2) is 20.1. The molecule has 1 fully saturated rings. The van der Waals surface area contributed by atoms with Gasteiger partial charge in [-0.25, -0.2) is 4.79 Å². The molecule has 0 saturated carbocycles. The zero-order valence-electron chi connectivity index (χ0n) is 27.7. The van der Waals surface area contributed by atoms with Crippen LogP contribution < -0.4 is 27.2 Å². The van der Waals surface area contributed by atoms with Crippen molar-refractivity contribution in [3.8, 4) is 0 Å². The lowest BCUT2D eigenvalue weighted by atomic mass is 10.0. The average molecular weight is 782 g/mol. The van der Waals surface area contributed by atoms with Crippen LogP contribution >= 0.6 is 22.6 Å². The molecule has 0 aromatic heterocycles. The molecule has 0 bridgehead atoms. The first-order valence-corrected chi connectivity index (χ1v) is 17.7. The van der Waals surface area contributed by atoms with E-state index in [1.165, 1.54) is 17.1 Å². The molecule has 264 valence electrons. The summed E-state index contributed by atoms with van der Waals surface area (Å²) >= 11 is 2.40. The van der Waals surface area contributed by atoms with E-state index in [0.717, 1.165) is 18.4 Å². The Morgan fingerprint density at radius 2 is 1.60 bits per heavy atom. The maximum atomic E-state index is 13.3. The fourth-order valence-corrected chi connectivity index (χ4v) is 5.84. The highest BCUT2D eigenvalue weighted by Gasteiger charge is 2.29. The summed E-state index contributed by atoms with van der Waals surface area (Å²) in [6.07, 6.45) is 6.78. The van der Waals surface area contributed by atoms with Gasteiger partial charge in [-0.2, -0.15) is 0 Å². The number of ether oxygens (including phenoxy) is 1. The lowest BCUT2D eigenvalue weighted by Gasteiger charge is -2.28. The molecule has 6 amide bonds. The summed E-state index contributed by atoms with van der Waals surface area (Å²) in [5.74, 6) is 3.31. The number of halogens is 1. The van der Waals surface area contributed by atoms with Crippen molar-refractivity contribution in [3.05, 3.63) is 42.0 Å². The molecule has 0 radical (unpaired) electrons. The van der Waals surface area contributed by atoms with Crippen LogP contribution in [0.4, 0.5) is 10.5 Å². The molecule has 2 heterocycles. The minimum Gasteiger partial charge on any atom is -0.445 e. The summed E-state index contributed by atoms with van der Waals surface area (Å²) in [7, 11) is 0. The molecule has 0 aliphatic carbocycles. The number of imide groups is 1. The van der Waals surface area contributed by atoms with Crippen LogP contribution in [0.1, 0.15) is 70.8 Å². The van der Waals surface area contributed by atoms with Crippen molar-refractivity contribution >= 4 is 63.9 Å². The molecular weight excluding hydrogens is 733 g/mol. The van der Waals surface area contributed by atoms with Crippen molar-refractivity contribution in [3.63, 3.8) is 0 Å². The molecule has 0 spiro atoms. The van der Waals surface area contributed by atoms with E-state index in [-0.39, 0.29) is 42.8 Å². The monoisotopic (exact) mass is 781 g/mol. The van der Waals surface area contributed by atoms with Crippen molar-refractivity contribution in [2.24, 2.45) is 11.8 Å². The summed E-state index contributed by atoms with van der Waals surface area (Å²) in [5.41, 5.74) is 3.83. The number of benzene rings is 1. The van der Waals surface area contributed by atoms with Crippen LogP contribution in [0.25, 0.3) is 0 Å². The molecular formula is C33H48IN7O7. The maximum Gasteiger partial charge on any atom is 0.410 e. The van der Waals surface area contributed by atoms with Gasteiger partial charge in [-0.3, -0.25) is 40.1 Å². The molecule has 2 aliphatic rings. The van der Waals surface area contributed by atoms with Gasteiger partial charge in [0.05, 0.1) is 0 Å². The van der Waals surface area contributed by atoms with E-state index in [0.29, 0.717) is 67.9 Å². The molecule has 2 aliphatic heterocycles. The second-order valence-corrected chi connectivity index (χ2v) is 14.1. The Balaban J connectivity index is 1.48. The predicted molar refractivity (Wildman–Crippen MR) is 188 cm³/mol. The highest BCUT2D eigenvalue weighted by molar-refractivity contribution is 14.1. The number of hydrogen-bond acceptors (Lipinski definition) is 9. The van der Waals surface area contributed by atoms with Gasteiger partial charge in [0, 0.05) is 54.4 Å². The van der Waals surface area contributed by atoms with Crippen LogP contribution in [0.3, 0.4) is 0 Å². The highest BCUT2D eigenvalue weighted by atomic mass is 127. The molecule has 1 saturated heterocycles. The largest absolute Gasteiger partial charge is 0.445 e. The van der Waals surface area contributed by atoms with Gasteiger partial charge in [-0.05, 0) is 62.1 Å². The van der Waals surface area contributed by atoms with Crippen molar-refractivity contribution < 1.29 is 33.5 Å². The number of likely N-dealkylation sites (tertiary alicyclic amines) is 1. The smallest absolute Gasteiger partial charge is 0.410 e. The van der Waals surface area contributed by atoms with Crippen molar-refractivity contribution in [2.45, 2.75) is 87.8 Å². The molecule has 0 unspecified atom stereocenters. The Hall–Kier alpha value is -3.57. The first kappa shape index (κ1) is 38.9. The third kappa shape index (κ3) is 12.8. The number of piperidine rings is 1. The predicted octanol–water partition coefficient (Wildman–Crippen LogP) is 2.52. The first-order valence-electron chi connectivity index (χ1n) is 16.5. The highest BCUT2D eigenvalue weighted by Crippen LogP contribution is 2.19. The number of rotatable bonds is 18. The fourth-order valence-electron chi connectivity index (χ4n) is 5.28. The minimum atomic E-state index is -0.887. The minimum absolute atomic E-state index is 0.114. The molecule has 14 nitrogen and oxygen atoms in total. The third-order valence-electron chi connectivity index (χ3n) is 8.17. The molecule has 6 N–H and O–H groups in total. The van der Waals surface area contributed by atoms with Gasteiger partial charge in [0.15, 0.2) is 0 Å². The Morgan fingerprint density at radius 3 is 2.23 bits per heavy atom.